The summed E-state index contributed by atoms with van der Waals surface area (Å²) in [5.74, 6) is 0.778. The van der Waals surface area contributed by atoms with Crippen LogP contribution in [0.5, 0.6) is 0 Å². The molecular formula is C15H16ClN5. The van der Waals surface area contributed by atoms with Crippen LogP contribution in [0.4, 0.5) is 5.95 Å². The van der Waals surface area contributed by atoms with E-state index in [1.165, 1.54) is 5.56 Å². The van der Waals surface area contributed by atoms with Crippen molar-refractivity contribution in [1.82, 2.24) is 19.5 Å². The average Bonchev–Trinajstić information content (AvgIpc) is 2.84. The Morgan fingerprint density at radius 1 is 1.19 bits per heavy atom. The molecule has 21 heavy (non-hydrogen) atoms. The van der Waals surface area contributed by atoms with Gasteiger partial charge < -0.3 is 5.32 Å². The number of fused-ring (bicyclic) bond motifs is 1. The third kappa shape index (κ3) is 2.83. The van der Waals surface area contributed by atoms with Crippen LogP contribution < -0.4 is 5.32 Å². The smallest absolute Gasteiger partial charge is 0.224 e. The van der Waals surface area contributed by atoms with E-state index in [1.807, 2.05) is 22.8 Å². The van der Waals surface area contributed by atoms with E-state index in [0.29, 0.717) is 6.54 Å². The molecule has 0 saturated heterocycles. The predicted molar refractivity (Wildman–Crippen MR) is 84.5 cm³/mol. The van der Waals surface area contributed by atoms with Crippen LogP contribution in [-0.2, 0) is 6.54 Å². The summed E-state index contributed by atoms with van der Waals surface area (Å²) >= 11 is 5.89. The standard InChI is InChI=1S/C15H16ClN5/c1-10(2)21-13-12(9-17-14(16)20-13)19-15(21)18-8-11-6-4-3-5-7-11/h3-7,9-10H,8H2,1-2H3,(H,18,19). The highest BCUT2D eigenvalue weighted by Crippen LogP contribution is 2.23. The molecule has 0 saturated carbocycles. The zero-order chi connectivity index (χ0) is 14.8. The van der Waals surface area contributed by atoms with Gasteiger partial charge in [-0.05, 0) is 31.0 Å². The number of imidazole rings is 1. The lowest BCUT2D eigenvalue weighted by molar-refractivity contribution is 0.617. The first kappa shape index (κ1) is 13.8. The van der Waals surface area contributed by atoms with Crippen molar-refractivity contribution in [3.8, 4) is 0 Å². The van der Waals surface area contributed by atoms with Crippen LogP contribution in [0.1, 0.15) is 25.5 Å². The third-order valence-electron chi connectivity index (χ3n) is 3.21. The van der Waals surface area contributed by atoms with Crippen LogP contribution in [0.25, 0.3) is 11.2 Å². The van der Waals surface area contributed by atoms with Gasteiger partial charge in [-0.2, -0.15) is 4.98 Å². The molecule has 0 amide bonds. The van der Waals surface area contributed by atoms with Gasteiger partial charge in [-0.1, -0.05) is 30.3 Å². The number of benzene rings is 1. The fraction of sp³-hybridized carbons (Fsp3) is 0.267. The first-order valence-electron chi connectivity index (χ1n) is 6.83. The van der Waals surface area contributed by atoms with E-state index < -0.39 is 0 Å². The molecule has 108 valence electrons. The number of nitrogens with one attached hydrogen (secondary N) is 1. The molecule has 0 aliphatic heterocycles. The van der Waals surface area contributed by atoms with Gasteiger partial charge in [0.15, 0.2) is 5.65 Å². The predicted octanol–water partition coefficient (Wildman–Crippen LogP) is 3.67. The molecule has 0 spiro atoms. The first-order chi connectivity index (χ1) is 10.1. The minimum Gasteiger partial charge on any atom is -0.352 e. The molecule has 0 radical (unpaired) electrons. The summed E-state index contributed by atoms with van der Waals surface area (Å²) in [6.07, 6.45) is 1.65. The molecule has 1 N–H and O–H groups in total. The Labute approximate surface area is 128 Å². The number of anilines is 1. The zero-order valence-electron chi connectivity index (χ0n) is 11.9. The molecule has 2 aromatic heterocycles. The Kier molecular flexibility index (Phi) is 3.75. The van der Waals surface area contributed by atoms with Crippen LogP contribution in [0.15, 0.2) is 36.5 Å². The molecule has 0 atom stereocenters. The Balaban J connectivity index is 1.96. The lowest BCUT2D eigenvalue weighted by Crippen LogP contribution is -2.09. The van der Waals surface area contributed by atoms with E-state index in [-0.39, 0.29) is 11.3 Å². The van der Waals surface area contributed by atoms with E-state index in [9.17, 15) is 0 Å². The van der Waals surface area contributed by atoms with Crippen LogP contribution in [0.2, 0.25) is 5.28 Å². The molecule has 3 rings (SSSR count). The Morgan fingerprint density at radius 3 is 2.67 bits per heavy atom. The summed E-state index contributed by atoms with van der Waals surface area (Å²) in [6, 6.07) is 10.4. The maximum Gasteiger partial charge on any atom is 0.224 e. The molecule has 0 fully saturated rings. The van der Waals surface area contributed by atoms with Gasteiger partial charge in [0, 0.05) is 12.6 Å². The SMILES string of the molecule is CC(C)n1c(NCc2ccccc2)nc2cnc(Cl)nc21. The monoisotopic (exact) mass is 301 g/mol. The minimum absolute atomic E-state index is 0.222. The molecule has 6 heteroatoms. The van der Waals surface area contributed by atoms with Crippen LogP contribution in [0.3, 0.4) is 0 Å². The fourth-order valence-corrected chi connectivity index (χ4v) is 2.39. The van der Waals surface area contributed by atoms with Crippen molar-refractivity contribution in [2.75, 3.05) is 5.32 Å². The van der Waals surface area contributed by atoms with Crippen molar-refractivity contribution in [2.45, 2.75) is 26.4 Å². The van der Waals surface area contributed by atoms with Crippen LogP contribution >= 0.6 is 11.6 Å². The lowest BCUT2D eigenvalue weighted by atomic mass is 10.2. The van der Waals surface area contributed by atoms with E-state index in [4.69, 9.17) is 11.6 Å². The van der Waals surface area contributed by atoms with Crippen molar-refractivity contribution in [2.24, 2.45) is 0 Å². The number of hydrogen-bond donors (Lipinski definition) is 1. The van der Waals surface area contributed by atoms with Gasteiger partial charge in [0.2, 0.25) is 11.2 Å². The second-order valence-corrected chi connectivity index (χ2v) is 5.42. The maximum absolute atomic E-state index is 5.89. The van der Waals surface area contributed by atoms with E-state index in [1.54, 1.807) is 6.20 Å². The summed E-state index contributed by atoms with van der Waals surface area (Å²) in [4.78, 5) is 12.8. The van der Waals surface area contributed by atoms with Gasteiger partial charge in [0.05, 0.1) is 6.20 Å². The quantitative estimate of drug-likeness (QED) is 0.747. The largest absolute Gasteiger partial charge is 0.352 e. The van der Waals surface area contributed by atoms with Gasteiger partial charge >= 0.3 is 0 Å². The summed E-state index contributed by atoms with van der Waals surface area (Å²) in [5.41, 5.74) is 2.69. The van der Waals surface area contributed by atoms with Gasteiger partial charge in [-0.15, -0.1) is 0 Å². The van der Waals surface area contributed by atoms with Gasteiger partial charge in [0.1, 0.15) is 5.52 Å². The molecular weight excluding hydrogens is 286 g/mol. The molecule has 0 bridgehead atoms. The number of hydrogen-bond acceptors (Lipinski definition) is 4. The lowest BCUT2D eigenvalue weighted by Gasteiger charge is -2.13. The second-order valence-electron chi connectivity index (χ2n) is 5.09. The molecule has 3 aromatic rings. The average molecular weight is 302 g/mol. The third-order valence-corrected chi connectivity index (χ3v) is 3.40. The molecule has 0 aliphatic carbocycles. The minimum atomic E-state index is 0.222. The maximum atomic E-state index is 5.89. The van der Waals surface area contributed by atoms with Crippen LogP contribution in [-0.4, -0.2) is 19.5 Å². The number of halogens is 1. The zero-order valence-corrected chi connectivity index (χ0v) is 12.7. The summed E-state index contributed by atoms with van der Waals surface area (Å²) in [6.45, 7) is 4.88. The molecule has 0 unspecified atom stereocenters. The van der Waals surface area contributed by atoms with Gasteiger partial charge in [0.25, 0.3) is 0 Å². The van der Waals surface area contributed by atoms with Gasteiger partial charge in [-0.3, -0.25) is 4.57 Å². The summed E-state index contributed by atoms with van der Waals surface area (Å²) < 4.78 is 2.03. The van der Waals surface area contributed by atoms with E-state index >= 15 is 0 Å². The van der Waals surface area contributed by atoms with E-state index in [2.05, 4.69) is 46.2 Å². The highest BCUT2D eigenvalue weighted by atomic mass is 35.5. The number of rotatable bonds is 4. The summed E-state index contributed by atoms with van der Waals surface area (Å²) in [7, 11) is 0. The Hall–Kier alpha value is -2.14. The van der Waals surface area contributed by atoms with Crippen LogP contribution in [0, 0.1) is 0 Å². The summed E-state index contributed by atoms with van der Waals surface area (Å²) in [5, 5.41) is 3.60. The molecule has 5 nitrogen and oxygen atoms in total. The fourth-order valence-electron chi connectivity index (χ4n) is 2.26. The Morgan fingerprint density at radius 2 is 1.95 bits per heavy atom. The first-order valence-corrected chi connectivity index (χ1v) is 7.21. The van der Waals surface area contributed by atoms with Crippen molar-refractivity contribution < 1.29 is 0 Å². The topological polar surface area (TPSA) is 55.6 Å². The highest BCUT2D eigenvalue weighted by Gasteiger charge is 2.15. The van der Waals surface area contributed by atoms with Gasteiger partial charge in [-0.25, -0.2) is 9.97 Å². The molecule has 2 heterocycles. The van der Waals surface area contributed by atoms with Crippen molar-refractivity contribution in [3.05, 3.63) is 47.4 Å². The number of nitrogens with zero attached hydrogens (tertiary/aromatic N) is 4. The van der Waals surface area contributed by atoms with E-state index in [0.717, 1.165) is 17.1 Å². The highest BCUT2D eigenvalue weighted by molar-refractivity contribution is 6.28. The molecule has 1 aromatic carbocycles. The van der Waals surface area contributed by atoms with Crippen molar-refractivity contribution in [3.63, 3.8) is 0 Å². The normalized spacial score (nSPS) is 11.2. The molecule has 0 aliphatic rings. The van der Waals surface area contributed by atoms with Crippen molar-refractivity contribution >= 4 is 28.7 Å². The Bertz CT molecular complexity index is 751. The van der Waals surface area contributed by atoms with Crippen molar-refractivity contribution in [1.29, 1.82) is 0 Å². The number of aromatic nitrogens is 4. The second kappa shape index (κ2) is 5.69.